The van der Waals surface area contributed by atoms with Gasteiger partial charge >= 0.3 is 0 Å². The van der Waals surface area contributed by atoms with E-state index in [9.17, 15) is 9.18 Å². The minimum Gasteiger partial charge on any atom is -0.322 e. The molecule has 92 valence electrons. The molecular weight excluding hydrogens is 317 g/mol. The quantitative estimate of drug-likeness (QED) is 0.799. The van der Waals surface area contributed by atoms with Gasteiger partial charge in [-0.3, -0.25) is 4.79 Å². The van der Waals surface area contributed by atoms with Crippen molar-refractivity contribution in [3.8, 4) is 0 Å². The number of rotatable bonds is 2. The number of amides is 1. The maximum atomic E-state index is 12.7. The number of carbonyl (C=O) groups excluding carboxylic acids is 1. The number of anilines is 1. The maximum absolute atomic E-state index is 12.7. The van der Waals surface area contributed by atoms with Crippen LogP contribution >= 0.6 is 28.6 Å². The molecule has 0 aliphatic carbocycles. The molecule has 0 aliphatic heterocycles. The van der Waals surface area contributed by atoms with Gasteiger partial charge in [0.2, 0.25) is 0 Å². The second-order valence-electron chi connectivity index (χ2n) is 3.63. The van der Waals surface area contributed by atoms with Crippen LogP contribution in [0, 0.1) is 5.82 Å². The fourth-order valence-electron chi connectivity index (χ4n) is 1.42. The third-order valence-electron chi connectivity index (χ3n) is 2.30. The van der Waals surface area contributed by atoms with Crippen molar-refractivity contribution >= 4 is 40.2 Å². The lowest BCUT2D eigenvalue weighted by molar-refractivity contribution is 0.102. The molecule has 0 bridgehead atoms. The van der Waals surface area contributed by atoms with Crippen molar-refractivity contribution in [3.05, 3.63) is 58.3 Å². The summed E-state index contributed by atoms with van der Waals surface area (Å²) in [6.07, 6.45) is 0. The molecule has 1 amide bonds. The topological polar surface area (TPSA) is 29.1 Å². The summed E-state index contributed by atoms with van der Waals surface area (Å²) in [5.41, 5.74) is 1.02. The van der Waals surface area contributed by atoms with Gasteiger partial charge in [-0.15, -0.1) is 12.6 Å². The smallest absolute Gasteiger partial charge is 0.256 e. The number of nitrogens with one attached hydrogen (secondary N) is 1. The van der Waals surface area contributed by atoms with Crippen LogP contribution < -0.4 is 5.32 Å². The van der Waals surface area contributed by atoms with Crippen LogP contribution in [0.4, 0.5) is 10.1 Å². The molecule has 0 spiro atoms. The van der Waals surface area contributed by atoms with Crippen LogP contribution in [0.15, 0.2) is 51.8 Å². The van der Waals surface area contributed by atoms with Crippen LogP contribution in [0.5, 0.6) is 0 Å². The second kappa shape index (κ2) is 5.54. The molecule has 2 nitrogen and oxygen atoms in total. The van der Waals surface area contributed by atoms with Crippen LogP contribution in [-0.4, -0.2) is 5.91 Å². The Balaban J connectivity index is 2.21. The highest BCUT2D eigenvalue weighted by Gasteiger charge is 2.10. The summed E-state index contributed by atoms with van der Waals surface area (Å²) in [6, 6.07) is 10.8. The minimum atomic E-state index is -0.341. The summed E-state index contributed by atoms with van der Waals surface area (Å²) < 4.78 is 13.4. The van der Waals surface area contributed by atoms with Gasteiger partial charge < -0.3 is 5.32 Å². The standard InChI is InChI=1S/C13H9BrFNOS/c14-12-6-5-10(18)7-11(12)13(17)16-9-3-1-8(15)2-4-9/h1-7,18H,(H,16,17). The Morgan fingerprint density at radius 3 is 2.50 bits per heavy atom. The van der Waals surface area contributed by atoms with E-state index in [-0.39, 0.29) is 11.7 Å². The average molecular weight is 326 g/mol. The predicted molar refractivity (Wildman–Crippen MR) is 75.7 cm³/mol. The molecule has 0 unspecified atom stereocenters. The van der Waals surface area contributed by atoms with Crippen LogP contribution in [0.25, 0.3) is 0 Å². The molecule has 1 N–H and O–H groups in total. The lowest BCUT2D eigenvalue weighted by Crippen LogP contribution is -2.12. The van der Waals surface area contributed by atoms with E-state index in [1.165, 1.54) is 24.3 Å². The lowest BCUT2D eigenvalue weighted by atomic mass is 10.2. The van der Waals surface area contributed by atoms with E-state index in [2.05, 4.69) is 33.9 Å². The number of benzene rings is 2. The molecule has 0 radical (unpaired) electrons. The molecule has 0 heterocycles. The average Bonchev–Trinajstić information content (AvgIpc) is 2.35. The predicted octanol–water partition coefficient (Wildman–Crippen LogP) is 4.13. The number of hydrogen-bond donors (Lipinski definition) is 2. The van der Waals surface area contributed by atoms with E-state index in [0.29, 0.717) is 20.6 Å². The third kappa shape index (κ3) is 3.11. The number of carbonyl (C=O) groups is 1. The summed E-state index contributed by atoms with van der Waals surface area (Å²) in [6.45, 7) is 0. The van der Waals surface area contributed by atoms with Crippen molar-refractivity contribution in [3.63, 3.8) is 0 Å². The van der Waals surface area contributed by atoms with E-state index >= 15 is 0 Å². The number of halogens is 2. The molecule has 0 aromatic heterocycles. The third-order valence-corrected chi connectivity index (χ3v) is 3.27. The molecule has 2 aromatic carbocycles. The molecule has 2 rings (SSSR count). The van der Waals surface area contributed by atoms with Crippen molar-refractivity contribution in [2.75, 3.05) is 5.32 Å². The van der Waals surface area contributed by atoms with E-state index in [1.807, 2.05) is 0 Å². The van der Waals surface area contributed by atoms with Crippen molar-refractivity contribution in [2.45, 2.75) is 4.90 Å². The molecule has 0 saturated heterocycles. The zero-order valence-electron chi connectivity index (χ0n) is 9.15. The summed E-state index contributed by atoms with van der Waals surface area (Å²) in [7, 11) is 0. The first kappa shape index (κ1) is 13.1. The number of hydrogen-bond acceptors (Lipinski definition) is 2. The van der Waals surface area contributed by atoms with Gasteiger partial charge in [-0.25, -0.2) is 4.39 Å². The van der Waals surface area contributed by atoms with Crippen LogP contribution in [0.2, 0.25) is 0 Å². The van der Waals surface area contributed by atoms with E-state index in [4.69, 9.17) is 0 Å². The molecular formula is C13H9BrFNOS. The summed E-state index contributed by atoms with van der Waals surface area (Å²) >= 11 is 7.49. The van der Waals surface area contributed by atoms with Crippen molar-refractivity contribution in [1.82, 2.24) is 0 Å². The molecule has 0 saturated carbocycles. The van der Waals surface area contributed by atoms with Gasteiger partial charge in [0.1, 0.15) is 5.82 Å². The fourth-order valence-corrected chi connectivity index (χ4v) is 2.05. The Labute approximate surface area is 118 Å². The monoisotopic (exact) mass is 325 g/mol. The van der Waals surface area contributed by atoms with Gasteiger partial charge in [-0.2, -0.15) is 0 Å². The zero-order chi connectivity index (χ0) is 13.1. The Morgan fingerprint density at radius 2 is 1.83 bits per heavy atom. The number of thiol groups is 1. The summed E-state index contributed by atoms with van der Waals surface area (Å²) in [4.78, 5) is 12.7. The van der Waals surface area contributed by atoms with Crippen LogP contribution in [0.3, 0.4) is 0 Å². The normalized spacial score (nSPS) is 10.2. The molecule has 0 aliphatic rings. The van der Waals surface area contributed by atoms with Crippen LogP contribution in [-0.2, 0) is 0 Å². The molecule has 5 heteroatoms. The Kier molecular flexibility index (Phi) is 4.04. The van der Waals surface area contributed by atoms with Gasteiger partial charge in [0.05, 0.1) is 5.56 Å². The highest BCUT2D eigenvalue weighted by atomic mass is 79.9. The molecule has 0 fully saturated rings. The van der Waals surface area contributed by atoms with E-state index < -0.39 is 0 Å². The molecule has 0 atom stereocenters. The maximum Gasteiger partial charge on any atom is 0.256 e. The SMILES string of the molecule is O=C(Nc1ccc(F)cc1)c1cc(S)ccc1Br. The van der Waals surface area contributed by atoms with E-state index in [1.54, 1.807) is 18.2 Å². The van der Waals surface area contributed by atoms with Gasteiger partial charge in [-0.05, 0) is 58.4 Å². The van der Waals surface area contributed by atoms with Crippen molar-refractivity contribution in [2.24, 2.45) is 0 Å². The lowest BCUT2D eigenvalue weighted by Gasteiger charge is -2.07. The minimum absolute atomic E-state index is 0.274. The van der Waals surface area contributed by atoms with Gasteiger partial charge in [0, 0.05) is 15.1 Å². The molecule has 2 aromatic rings. The highest BCUT2D eigenvalue weighted by Crippen LogP contribution is 2.21. The highest BCUT2D eigenvalue weighted by molar-refractivity contribution is 9.10. The first-order chi connectivity index (χ1) is 8.56. The van der Waals surface area contributed by atoms with Gasteiger partial charge in [0.25, 0.3) is 5.91 Å². The summed E-state index contributed by atoms with van der Waals surface area (Å²) in [5, 5.41) is 2.68. The van der Waals surface area contributed by atoms with Crippen molar-refractivity contribution in [1.29, 1.82) is 0 Å². The summed E-state index contributed by atoms with van der Waals surface area (Å²) in [5.74, 6) is -0.615. The first-order valence-corrected chi connectivity index (χ1v) is 6.36. The van der Waals surface area contributed by atoms with E-state index in [0.717, 1.165) is 0 Å². The van der Waals surface area contributed by atoms with Crippen LogP contribution in [0.1, 0.15) is 10.4 Å². The largest absolute Gasteiger partial charge is 0.322 e. The van der Waals surface area contributed by atoms with Gasteiger partial charge in [0.15, 0.2) is 0 Å². The fraction of sp³-hybridized carbons (Fsp3) is 0. The Morgan fingerprint density at radius 1 is 1.17 bits per heavy atom. The molecule has 18 heavy (non-hydrogen) atoms. The first-order valence-electron chi connectivity index (χ1n) is 5.12. The Bertz CT molecular complexity index is 586. The van der Waals surface area contributed by atoms with Gasteiger partial charge in [-0.1, -0.05) is 0 Å². The second-order valence-corrected chi connectivity index (χ2v) is 5.00. The zero-order valence-corrected chi connectivity index (χ0v) is 11.6. The Hall–Kier alpha value is -1.33. The van der Waals surface area contributed by atoms with Crippen molar-refractivity contribution < 1.29 is 9.18 Å².